The van der Waals surface area contributed by atoms with E-state index in [-0.39, 0.29) is 18.1 Å². The zero-order chi connectivity index (χ0) is 22.8. The third-order valence-corrected chi connectivity index (χ3v) is 6.14. The SMILES string of the molecule is CN1CCC(ONC(=O)c2ccccc2)CC1c1cc2cc(-c3cnn(C)c3)cnc2cn1. The third kappa shape index (κ3) is 4.62. The first-order chi connectivity index (χ1) is 16.1. The van der Waals surface area contributed by atoms with Crippen LogP contribution in [0.2, 0.25) is 0 Å². The highest BCUT2D eigenvalue weighted by Crippen LogP contribution is 2.31. The number of hydrogen-bond donors (Lipinski definition) is 1. The first-order valence-corrected chi connectivity index (χ1v) is 11.0. The number of piperidine rings is 1. The highest BCUT2D eigenvalue weighted by atomic mass is 16.7. The van der Waals surface area contributed by atoms with Crippen LogP contribution in [0.25, 0.3) is 22.0 Å². The van der Waals surface area contributed by atoms with Crippen molar-refractivity contribution in [1.29, 1.82) is 0 Å². The lowest BCUT2D eigenvalue weighted by molar-refractivity contribution is -0.0542. The van der Waals surface area contributed by atoms with E-state index < -0.39 is 0 Å². The summed E-state index contributed by atoms with van der Waals surface area (Å²) in [5.74, 6) is -0.232. The number of carbonyl (C=O) groups excluding carboxylic acids is 1. The molecule has 5 rings (SSSR count). The van der Waals surface area contributed by atoms with Gasteiger partial charge in [0, 0.05) is 48.1 Å². The molecule has 1 aromatic carbocycles. The van der Waals surface area contributed by atoms with Gasteiger partial charge < -0.3 is 0 Å². The Hall–Kier alpha value is -3.62. The van der Waals surface area contributed by atoms with Crippen molar-refractivity contribution in [3.8, 4) is 11.1 Å². The van der Waals surface area contributed by atoms with Gasteiger partial charge in [0.1, 0.15) is 0 Å². The number of aromatic nitrogens is 4. The zero-order valence-electron chi connectivity index (χ0n) is 18.7. The van der Waals surface area contributed by atoms with Gasteiger partial charge >= 0.3 is 0 Å². The number of carbonyl (C=O) groups is 1. The van der Waals surface area contributed by atoms with Gasteiger partial charge in [0.05, 0.1) is 35.8 Å². The Morgan fingerprint density at radius 1 is 1.06 bits per heavy atom. The molecule has 0 saturated carbocycles. The Labute approximate surface area is 192 Å². The van der Waals surface area contributed by atoms with Crippen molar-refractivity contribution in [2.24, 2.45) is 7.05 Å². The van der Waals surface area contributed by atoms with Gasteiger partial charge in [0.25, 0.3) is 5.91 Å². The Morgan fingerprint density at radius 2 is 1.91 bits per heavy atom. The molecule has 0 spiro atoms. The molecule has 168 valence electrons. The Kier molecular flexibility index (Phi) is 5.85. The highest BCUT2D eigenvalue weighted by molar-refractivity contribution is 5.93. The first-order valence-electron chi connectivity index (χ1n) is 11.0. The van der Waals surface area contributed by atoms with Crippen molar-refractivity contribution >= 4 is 16.8 Å². The maximum Gasteiger partial charge on any atom is 0.274 e. The number of nitrogens with one attached hydrogen (secondary N) is 1. The standard InChI is InChI=1S/C25H26N6O2/c1-30-9-8-21(33-29-25(32)17-6-4-3-5-7-17)12-24(30)22-11-18-10-19(13-26-23(18)15-27-22)20-14-28-31(2)16-20/h3-7,10-11,13-16,21,24H,8-9,12H2,1-2H3,(H,29,32). The van der Waals surface area contributed by atoms with E-state index >= 15 is 0 Å². The molecule has 2 unspecified atom stereocenters. The normalized spacial score (nSPS) is 19.0. The summed E-state index contributed by atoms with van der Waals surface area (Å²) in [5, 5.41) is 5.29. The lowest BCUT2D eigenvalue weighted by Gasteiger charge is -2.36. The van der Waals surface area contributed by atoms with Crippen LogP contribution in [-0.2, 0) is 11.9 Å². The van der Waals surface area contributed by atoms with Crippen molar-refractivity contribution in [1.82, 2.24) is 30.1 Å². The average Bonchev–Trinajstić information content (AvgIpc) is 3.29. The summed E-state index contributed by atoms with van der Waals surface area (Å²) in [4.78, 5) is 29.7. The summed E-state index contributed by atoms with van der Waals surface area (Å²) in [6.45, 7) is 0.851. The Bertz CT molecular complexity index is 1270. The summed E-state index contributed by atoms with van der Waals surface area (Å²) in [6, 6.07) is 13.4. The molecule has 1 amide bonds. The van der Waals surface area contributed by atoms with Gasteiger partial charge in [-0.25, -0.2) is 5.48 Å². The second kappa shape index (κ2) is 9.09. The minimum absolute atomic E-state index is 0.0868. The minimum atomic E-state index is -0.232. The van der Waals surface area contributed by atoms with Crippen molar-refractivity contribution in [2.45, 2.75) is 25.0 Å². The van der Waals surface area contributed by atoms with Gasteiger partial charge in [0.2, 0.25) is 0 Å². The Morgan fingerprint density at radius 3 is 2.70 bits per heavy atom. The number of aryl methyl sites for hydroxylation is 1. The largest absolute Gasteiger partial charge is 0.298 e. The molecule has 2 atom stereocenters. The molecule has 4 aromatic rings. The van der Waals surface area contributed by atoms with E-state index in [0.29, 0.717) is 5.56 Å². The average molecular weight is 443 g/mol. The van der Waals surface area contributed by atoms with Gasteiger partial charge in [-0.1, -0.05) is 18.2 Å². The topological polar surface area (TPSA) is 85.2 Å². The van der Waals surface area contributed by atoms with Crippen LogP contribution >= 0.6 is 0 Å². The van der Waals surface area contributed by atoms with Crippen molar-refractivity contribution in [3.05, 3.63) is 78.5 Å². The lowest BCUT2D eigenvalue weighted by Crippen LogP contribution is -2.40. The number of pyridine rings is 2. The Balaban J connectivity index is 1.32. The third-order valence-electron chi connectivity index (χ3n) is 6.14. The van der Waals surface area contributed by atoms with Gasteiger partial charge in [-0.15, -0.1) is 0 Å². The number of benzene rings is 1. The minimum Gasteiger partial charge on any atom is -0.298 e. The van der Waals surface area contributed by atoms with Crippen LogP contribution in [0.15, 0.2) is 67.3 Å². The van der Waals surface area contributed by atoms with E-state index in [1.165, 1.54) is 0 Å². The van der Waals surface area contributed by atoms with E-state index in [4.69, 9.17) is 9.82 Å². The molecule has 1 N–H and O–H groups in total. The molecule has 4 heterocycles. The lowest BCUT2D eigenvalue weighted by atomic mass is 9.96. The number of likely N-dealkylation sites (tertiary alicyclic amines) is 1. The fourth-order valence-electron chi connectivity index (χ4n) is 4.25. The summed E-state index contributed by atoms with van der Waals surface area (Å²) in [7, 11) is 4.00. The van der Waals surface area contributed by atoms with Gasteiger partial charge in [-0.2, -0.15) is 5.10 Å². The van der Waals surface area contributed by atoms with Crippen LogP contribution in [0.1, 0.15) is 34.9 Å². The first kappa shape index (κ1) is 21.2. The number of amides is 1. The van der Waals surface area contributed by atoms with E-state index in [1.54, 1.807) is 16.8 Å². The molecule has 1 fully saturated rings. The number of fused-ring (bicyclic) bond motifs is 1. The van der Waals surface area contributed by atoms with Gasteiger partial charge in [-0.3, -0.25) is 29.2 Å². The summed E-state index contributed by atoms with van der Waals surface area (Å²) in [6.07, 6.45) is 8.98. The summed E-state index contributed by atoms with van der Waals surface area (Å²) in [5.41, 5.74) is 7.07. The molecule has 0 radical (unpaired) electrons. The molecule has 3 aromatic heterocycles. The summed E-state index contributed by atoms with van der Waals surface area (Å²) >= 11 is 0. The van der Waals surface area contributed by atoms with Crippen LogP contribution < -0.4 is 5.48 Å². The second-order valence-electron chi connectivity index (χ2n) is 8.49. The monoisotopic (exact) mass is 442 g/mol. The van der Waals surface area contributed by atoms with Crippen LogP contribution in [0, 0.1) is 0 Å². The molecule has 0 bridgehead atoms. The van der Waals surface area contributed by atoms with Gasteiger partial charge in [0.15, 0.2) is 0 Å². The summed E-state index contributed by atoms with van der Waals surface area (Å²) < 4.78 is 1.78. The highest BCUT2D eigenvalue weighted by Gasteiger charge is 2.29. The van der Waals surface area contributed by atoms with Crippen LogP contribution in [0.3, 0.4) is 0 Å². The number of rotatable bonds is 5. The maximum absolute atomic E-state index is 12.3. The van der Waals surface area contributed by atoms with Crippen LogP contribution in [0.5, 0.6) is 0 Å². The van der Waals surface area contributed by atoms with Gasteiger partial charge in [-0.05, 0) is 44.2 Å². The molecule has 1 aliphatic rings. The van der Waals surface area contributed by atoms with Crippen LogP contribution in [0.4, 0.5) is 0 Å². The molecule has 8 nitrogen and oxygen atoms in total. The molecule has 33 heavy (non-hydrogen) atoms. The van der Waals surface area contributed by atoms with E-state index in [1.807, 2.05) is 50.0 Å². The van der Waals surface area contributed by atoms with Crippen molar-refractivity contribution in [2.75, 3.05) is 13.6 Å². The zero-order valence-corrected chi connectivity index (χ0v) is 18.7. The molecule has 1 saturated heterocycles. The predicted octanol–water partition coefficient (Wildman–Crippen LogP) is 3.53. The smallest absolute Gasteiger partial charge is 0.274 e. The predicted molar refractivity (Wildman–Crippen MR) is 125 cm³/mol. The molecule has 0 aliphatic carbocycles. The van der Waals surface area contributed by atoms with Crippen LogP contribution in [-0.4, -0.2) is 50.3 Å². The maximum atomic E-state index is 12.3. The quantitative estimate of drug-likeness (QED) is 0.476. The second-order valence-corrected chi connectivity index (χ2v) is 8.49. The fourth-order valence-corrected chi connectivity index (χ4v) is 4.25. The molecule has 8 heteroatoms. The molecular weight excluding hydrogens is 416 g/mol. The molecule has 1 aliphatic heterocycles. The number of hydroxylamine groups is 1. The molecular formula is C25H26N6O2. The fraction of sp³-hybridized carbons (Fsp3) is 0.280. The van der Waals surface area contributed by atoms with E-state index in [9.17, 15) is 4.79 Å². The van der Waals surface area contributed by atoms with E-state index in [2.05, 4.69) is 39.6 Å². The van der Waals surface area contributed by atoms with Crippen molar-refractivity contribution in [3.63, 3.8) is 0 Å². The van der Waals surface area contributed by atoms with Crippen molar-refractivity contribution < 1.29 is 9.63 Å². The number of hydrogen-bond acceptors (Lipinski definition) is 6. The van der Waals surface area contributed by atoms with E-state index in [0.717, 1.165) is 47.1 Å². The number of nitrogens with zero attached hydrogens (tertiary/aromatic N) is 5.